The molecule has 2 aliphatic rings. The van der Waals surface area contributed by atoms with E-state index in [4.69, 9.17) is 0 Å². The van der Waals surface area contributed by atoms with Crippen LogP contribution in [0, 0.1) is 5.92 Å². The molecule has 1 aliphatic heterocycles. The van der Waals surface area contributed by atoms with Gasteiger partial charge >= 0.3 is 0 Å². The first-order valence-corrected chi connectivity index (χ1v) is 6.39. The van der Waals surface area contributed by atoms with Gasteiger partial charge in [-0.05, 0) is 37.8 Å². The molecular formula is C14H20N2. The molecule has 0 aromatic heterocycles. The minimum Gasteiger partial charge on any atom is -0.366 e. The summed E-state index contributed by atoms with van der Waals surface area (Å²) in [5.74, 6) is 0.943. The normalized spacial score (nSPS) is 30.4. The van der Waals surface area contributed by atoms with E-state index >= 15 is 0 Å². The van der Waals surface area contributed by atoms with Crippen LogP contribution in [0.25, 0.3) is 0 Å². The van der Waals surface area contributed by atoms with Gasteiger partial charge in [-0.25, -0.2) is 0 Å². The van der Waals surface area contributed by atoms with Crippen LogP contribution in [0.4, 0.5) is 5.69 Å². The molecule has 1 N–H and O–H groups in total. The molecule has 0 radical (unpaired) electrons. The van der Waals surface area contributed by atoms with Crippen molar-refractivity contribution >= 4 is 5.69 Å². The summed E-state index contributed by atoms with van der Waals surface area (Å²) in [6.45, 7) is 4.61. The van der Waals surface area contributed by atoms with Crippen molar-refractivity contribution < 1.29 is 0 Å². The number of benzene rings is 1. The number of hydrogen-bond donors (Lipinski definition) is 1. The van der Waals surface area contributed by atoms with Crippen molar-refractivity contribution in [2.24, 2.45) is 5.92 Å². The molecule has 2 atom stereocenters. The summed E-state index contributed by atoms with van der Waals surface area (Å²) in [5.41, 5.74) is 1.38. The monoisotopic (exact) mass is 216 g/mol. The maximum atomic E-state index is 3.69. The lowest BCUT2D eigenvalue weighted by atomic mass is 10.1. The SMILES string of the molecule is CC1CNC(C2CC2)CN1c1ccccc1. The van der Waals surface area contributed by atoms with E-state index in [1.165, 1.54) is 25.1 Å². The molecule has 1 saturated heterocycles. The Morgan fingerprint density at radius 3 is 2.62 bits per heavy atom. The van der Waals surface area contributed by atoms with Gasteiger partial charge in [-0.15, -0.1) is 0 Å². The van der Waals surface area contributed by atoms with Gasteiger partial charge in [0.2, 0.25) is 0 Å². The van der Waals surface area contributed by atoms with E-state index in [9.17, 15) is 0 Å². The predicted molar refractivity (Wildman–Crippen MR) is 67.8 cm³/mol. The number of para-hydroxylation sites is 1. The standard InChI is InChI=1S/C14H20N2/c1-11-9-15-14(12-7-8-12)10-16(11)13-5-3-2-4-6-13/h2-6,11-12,14-15H,7-10H2,1H3. The van der Waals surface area contributed by atoms with Gasteiger partial charge in [-0.3, -0.25) is 0 Å². The third-order valence-electron chi connectivity index (χ3n) is 3.88. The van der Waals surface area contributed by atoms with Crippen molar-refractivity contribution in [3.05, 3.63) is 30.3 Å². The Hall–Kier alpha value is -1.02. The van der Waals surface area contributed by atoms with Crippen molar-refractivity contribution in [2.45, 2.75) is 31.8 Å². The van der Waals surface area contributed by atoms with Gasteiger partial charge in [-0.1, -0.05) is 18.2 Å². The molecular weight excluding hydrogens is 196 g/mol. The Balaban J connectivity index is 1.76. The Kier molecular flexibility index (Phi) is 2.60. The molecule has 1 aromatic rings. The van der Waals surface area contributed by atoms with Crippen LogP contribution in [-0.4, -0.2) is 25.2 Å². The molecule has 1 heterocycles. The summed E-state index contributed by atoms with van der Waals surface area (Å²) in [5, 5.41) is 3.69. The fourth-order valence-corrected chi connectivity index (χ4v) is 2.68. The summed E-state index contributed by atoms with van der Waals surface area (Å²) in [7, 11) is 0. The largest absolute Gasteiger partial charge is 0.366 e. The maximum absolute atomic E-state index is 3.69. The summed E-state index contributed by atoms with van der Waals surface area (Å²) in [4.78, 5) is 2.56. The molecule has 0 spiro atoms. The topological polar surface area (TPSA) is 15.3 Å². The zero-order chi connectivity index (χ0) is 11.0. The van der Waals surface area contributed by atoms with Crippen LogP contribution in [0.1, 0.15) is 19.8 Å². The predicted octanol–water partition coefficient (Wildman–Crippen LogP) is 2.26. The Morgan fingerprint density at radius 2 is 1.94 bits per heavy atom. The first-order chi connectivity index (χ1) is 7.84. The van der Waals surface area contributed by atoms with Crippen LogP contribution in [0.5, 0.6) is 0 Å². The van der Waals surface area contributed by atoms with Crippen molar-refractivity contribution in [3.63, 3.8) is 0 Å². The zero-order valence-corrected chi connectivity index (χ0v) is 9.89. The minimum absolute atomic E-state index is 0.609. The van der Waals surface area contributed by atoms with Crippen molar-refractivity contribution in [2.75, 3.05) is 18.0 Å². The fraction of sp³-hybridized carbons (Fsp3) is 0.571. The highest BCUT2D eigenvalue weighted by atomic mass is 15.2. The summed E-state index contributed by atoms with van der Waals surface area (Å²) in [6.07, 6.45) is 2.85. The second-order valence-corrected chi connectivity index (χ2v) is 5.19. The van der Waals surface area contributed by atoms with Gasteiger partial charge in [0.25, 0.3) is 0 Å². The summed E-state index contributed by atoms with van der Waals surface area (Å²) in [6, 6.07) is 12.1. The number of anilines is 1. The van der Waals surface area contributed by atoms with E-state index in [1.807, 2.05) is 0 Å². The second-order valence-electron chi connectivity index (χ2n) is 5.19. The van der Waals surface area contributed by atoms with Gasteiger partial charge in [0, 0.05) is 30.9 Å². The molecule has 2 fully saturated rings. The number of nitrogens with zero attached hydrogens (tertiary/aromatic N) is 1. The molecule has 16 heavy (non-hydrogen) atoms. The highest BCUT2D eigenvalue weighted by Gasteiger charge is 2.35. The lowest BCUT2D eigenvalue weighted by molar-refractivity contribution is 0.376. The third-order valence-corrected chi connectivity index (χ3v) is 3.88. The number of nitrogens with one attached hydrogen (secondary N) is 1. The number of rotatable bonds is 2. The fourth-order valence-electron chi connectivity index (χ4n) is 2.68. The molecule has 3 rings (SSSR count). The van der Waals surface area contributed by atoms with Crippen LogP contribution in [0.2, 0.25) is 0 Å². The summed E-state index contributed by atoms with van der Waals surface area (Å²) >= 11 is 0. The molecule has 1 saturated carbocycles. The van der Waals surface area contributed by atoms with Crippen LogP contribution in [0.15, 0.2) is 30.3 Å². The van der Waals surface area contributed by atoms with Crippen molar-refractivity contribution in [1.82, 2.24) is 5.32 Å². The quantitative estimate of drug-likeness (QED) is 0.816. The smallest absolute Gasteiger partial charge is 0.0387 e. The van der Waals surface area contributed by atoms with Crippen molar-refractivity contribution in [1.29, 1.82) is 0 Å². The van der Waals surface area contributed by atoms with E-state index in [0.29, 0.717) is 6.04 Å². The third kappa shape index (κ3) is 1.94. The van der Waals surface area contributed by atoms with Crippen LogP contribution in [-0.2, 0) is 0 Å². The lowest BCUT2D eigenvalue weighted by Crippen LogP contribution is -2.56. The highest BCUT2D eigenvalue weighted by Crippen LogP contribution is 2.35. The van der Waals surface area contributed by atoms with E-state index in [2.05, 4.69) is 47.5 Å². The average molecular weight is 216 g/mol. The first-order valence-electron chi connectivity index (χ1n) is 6.39. The van der Waals surface area contributed by atoms with Crippen LogP contribution >= 0.6 is 0 Å². The highest BCUT2D eigenvalue weighted by molar-refractivity contribution is 5.47. The van der Waals surface area contributed by atoms with Gasteiger partial charge in [-0.2, -0.15) is 0 Å². The zero-order valence-electron chi connectivity index (χ0n) is 9.89. The molecule has 86 valence electrons. The molecule has 1 aliphatic carbocycles. The average Bonchev–Trinajstić information content (AvgIpc) is 3.15. The first kappa shape index (κ1) is 10.2. The number of piperazine rings is 1. The molecule has 2 heteroatoms. The molecule has 2 unspecified atom stereocenters. The van der Waals surface area contributed by atoms with Crippen LogP contribution < -0.4 is 10.2 Å². The van der Waals surface area contributed by atoms with Gasteiger partial charge in [0.1, 0.15) is 0 Å². The van der Waals surface area contributed by atoms with Gasteiger partial charge < -0.3 is 10.2 Å². The minimum atomic E-state index is 0.609. The molecule has 1 aromatic carbocycles. The second kappa shape index (κ2) is 4.10. The van der Waals surface area contributed by atoms with Gasteiger partial charge in [0.15, 0.2) is 0 Å². The number of hydrogen-bond acceptors (Lipinski definition) is 2. The van der Waals surface area contributed by atoms with Crippen LogP contribution in [0.3, 0.4) is 0 Å². The Labute approximate surface area is 97.6 Å². The lowest BCUT2D eigenvalue weighted by Gasteiger charge is -2.40. The van der Waals surface area contributed by atoms with E-state index in [-0.39, 0.29) is 0 Å². The van der Waals surface area contributed by atoms with E-state index in [1.54, 1.807) is 0 Å². The Morgan fingerprint density at radius 1 is 1.19 bits per heavy atom. The van der Waals surface area contributed by atoms with Gasteiger partial charge in [0.05, 0.1) is 0 Å². The maximum Gasteiger partial charge on any atom is 0.0387 e. The summed E-state index contributed by atoms with van der Waals surface area (Å²) < 4.78 is 0. The molecule has 0 amide bonds. The van der Waals surface area contributed by atoms with E-state index in [0.717, 1.165) is 18.5 Å². The molecule has 0 bridgehead atoms. The molecule has 2 nitrogen and oxygen atoms in total. The Bertz CT molecular complexity index is 345. The van der Waals surface area contributed by atoms with Crippen molar-refractivity contribution in [3.8, 4) is 0 Å². The van der Waals surface area contributed by atoms with E-state index < -0.39 is 0 Å².